The van der Waals surface area contributed by atoms with E-state index in [-0.39, 0.29) is 18.4 Å². The van der Waals surface area contributed by atoms with Crippen LogP contribution in [0.4, 0.5) is 11.4 Å². The number of aryl methyl sites for hydroxylation is 1. The zero-order valence-corrected chi connectivity index (χ0v) is 18.1. The number of amides is 2. The highest BCUT2D eigenvalue weighted by Gasteiger charge is 2.42. The molecule has 2 amide bonds. The number of nitrogens with zero attached hydrogens (tertiary/aromatic N) is 2. The first-order chi connectivity index (χ1) is 15.0. The molecule has 1 aliphatic rings. The summed E-state index contributed by atoms with van der Waals surface area (Å²) in [7, 11) is 0. The first kappa shape index (κ1) is 20.6. The van der Waals surface area contributed by atoms with Crippen molar-refractivity contribution >= 4 is 29.3 Å². The third kappa shape index (κ3) is 4.02. The minimum Gasteiger partial charge on any atom is -0.301 e. The van der Waals surface area contributed by atoms with Crippen molar-refractivity contribution in [2.24, 2.45) is 0 Å². The summed E-state index contributed by atoms with van der Waals surface area (Å²) in [4.78, 5) is 30.5. The minimum absolute atomic E-state index is 0.0210. The Balaban J connectivity index is 1.82. The summed E-state index contributed by atoms with van der Waals surface area (Å²) in [5, 5.41) is 0. The van der Waals surface area contributed by atoms with E-state index in [9.17, 15) is 9.59 Å². The lowest BCUT2D eigenvalue weighted by molar-refractivity contribution is -0.127. The highest BCUT2D eigenvalue weighted by Crippen LogP contribution is 2.32. The molecule has 0 saturated carbocycles. The van der Waals surface area contributed by atoms with Crippen LogP contribution in [0.3, 0.4) is 0 Å². The second-order valence-corrected chi connectivity index (χ2v) is 7.94. The smallest absolute Gasteiger partial charge is 0.254 e. The van der Waals surface area contributed by atoms with Crippen molar-refractivity contribution in [3.63, 3.8) is 0 Å². The predicted octanol–water partition coefficient (Wildman–Crippen LogP) is 5.16. The van der Waals surface area contributed by atoms with E-state index in [2.05, 4.69) is 0 Å². The molecule has 4 heteroatoms. The van der Waals surface area contributed by atoms with E-state index in [1.807, 2.05) is 106 Å². The van der Waals surface area contributed by atoms with E-state index in [0.717, 1.165) is 33.6 Å². The van der Waals surface area contributed by atoms with E-state index in [0.29, 0.717) is 0 Å². The summed E-state index contributed by atoms with van der Waals surface area (Å²) in [6, 6.07) is 24.5. The molecule has 3 aromatic carbocycles. The maximum absolute atomic E-state index is 13.8. The van der Waals surface area contributed by atoms with Crippen LogP contribution in [-0.4, -0.2) is 24.4 Å². The number of benzene rings is 3. The third-order valence-corrected chi connectivity index (χ3v) is 5.85. The van der Waals surface area contributed by atoms with Gasteiger partial charge in [-0.2, -0.15) is 0 Å². The SMILES string of the molecule is CC(=Cc1ccccc1)C1C(=O)N(c2cccc(C)c2C)CC(=O)N1c1ccccc1. The molecular weight excluding hydrogens is 384 g/mol. The largest absolute Gasteiger partial charge is 0.301 e. The molecule has 0 radical (unpaired) electrons. The van der Waals surface area contributed by atoms with Crippen molar-refractivity contribution in [3.8, 4) is 0 Å². The molecule has 4 nitrogen and oxygen atoms in total. The van der Waals surface area contributed by atoms with Crippen molar-refractivity contribution in [1.29, 1.82) is 0 Å². The fourth-order valence-electron chi connectivity index (χ4n) is 4.09. The van der Waals surface area contributed by atoms with E-state index in [4.69, 9.17) is 0 Å². The van der Waals surface area contributed by atoms with Crippen LogP contribution in [0.5, 0.6) is 0 Å². The Hall–Kier alpha value is -3.66. The molecule has 0 aromatic heterocycles. The third-order valence-electron chi connectivity index (χ3n) is 5.85. The minimum atomic E-state index is -0.705. The van der Waals surface area contributed by atoms with Gasteiger partial charge in [-0.05, 0) is 61.2 Å². The average molecular weight is 411 g/mol. The van der Waals surface area contributed by atoms with Crippen molar-refractivity contribution in [1.82, 2.24) is 0 Å². The molecule has 1 aliphatic heterocycles. The summed E-state index contributed by atoms with van der Waals surface area (Å²) >= 11 is 0. The van der Waals surface area contributed by atoms with Gasteiger partial charge in [-0.1, -0.05) is 66.7 Å². The molecule has 31 heavy (non-hydrogen) atoms. The standard InChI is InChI=1S/C27H26N2O2/c1-19-11-10-16-24(21(19)3)28-18-25(30)29(23-14-8-5-9-15-23)26(27(28)31)20(2)17-22-12-6-4-7-13-22/h4-17,26H,18H2,1-3H3. The first-order valence-corrected chi connectivity index (χ1v) is 10.5. The summed E-state index contributed by atoms with van der Waals surface area (Å²) in [5.41, 5.74) is 5.45. The molecule has 0 bridgehead atoms. The number of piperazine rings is 1. The van der Waals surface area contributed by atoms with Gasteiger partial charge in [-0.15, -0.1) is 0 Å². The van der Waals surface area contributed by atoms with Gasteiger partial charge in [0.25, 0.3) is 5.91 Å². The molecule has 1 atom stereocenters. The van der Waals surface area contributed by atoms with Gasteiger partial charge < -0.3 is 4.90 Å². The Morgan fingerprint density at radius 2 is 1.52 bits per heavy atom. The number of carbonyl (C=O) groups excluding carboxylic acids is 2. The number of hydrogen-bond donors (Lipinski definition) is 0. The van der Waals surface area contributed by atoms with E-state index < -0.39 is 6.04 Å². The molecule has 1 fully saturated rings. The number of carbonyl (C=O) groups is 2. The van der Waals surface area contributed by atoms with E-state index >= 15 is 0 Å². The summed E-state index contributed by atoms with van der Waals surface area (Å²) in [6.07, 6.45) is 1.98. The van der Waals surface area contributed by atoms with Crippen LogP contribution in [0.25, 0.3) is 6.08 Å². The normalized spacial score (nSPS) is 17.3. The Labute approximate surface area is 183 Å². The molecule has 1 unspecified atom stereocenters. The molecule has 3 aromatic rings. The molecular formula is C27H26N2O2. The molecule has 0 aliphatic carbocycles. The molecule has 156 valence electrons. The van der Waals surface area contributed by atoms with Crippen LogP contribution in [0.15, 0.2) is 84.4 Å². The fraction of sp³-hybridized carbons (Fsp3) is 0.185. The van der Waals surface area contributed by atoms with Gasteiger partial charge in [0.2, 0.25) is 5.91 Å². The van der Waals surface area contributed by atoms with Gasteiger partial charge >= 0.3 is 0 Å². The van der Waals surface area contributed by atoms with Crippen molar-refractivity contribution < 1.29 is 9.59 Å². The van der Waals surface area contributed by atoms with Crippen LogP contribution >= 0.6 is 0 Å². The van der Waals surface area contributed by atoms with E-state index in [1.165, 1.54) is 0 Å². The van der Waals surface area contributed by atoms with Crippen LogP contribution in [0.2, 0.25) is 0 Å². The highest BCUT2D eigenvalue weighted by molar-refractivity contribution is 6.16. The van der Waals surface area contributed by atoms with Crippen LogP contribution in [0, 0.1) is 13.8 Å². The Kier molecular flexibility index (Phi) is 5.72. The fourth-order valence-corrected chi connectivity index (χ4v) is 4.09. The topological polar surface area (TPSA) is 40.6 Å². The van der Waals surface area contributed by atoms with Crippen LogP contribution in [-0.2, 0) is 9.59 Å². The van der Waals surface area contributed by atoms with Crippen LogP contribution < -0.4 is 9.80 Å². The highest BCUT2D eigenvalue weighted by atomic mass is 16.2. The lowest BCUT2D eigenvalue weighted by Crippen LogP contribution is -2.61. The van der Waals surface area contributed by atoms with Crippen molar-refractivity contribution in [2.45, 2.75) is 26.8 Å². The summed E-state index contributed by atoms with van der Waals surface area (Å²) in [6.45, 7) is 5.95. The monoisotopic (exact) mass is 410 g/mol. The molecule has 1 saturated heterocycles. The Bertz CT molecular complexity index is 1140. The summed E-state index contributed by atoms with van der Waals surface area (Å²) in [5.74, 6) is -0.195. The lowest BCUT2D eigenvalue weighted by Gasteiger charge is -2.41. The van der Waals surface area contributed by atoms with E-state index in [1.54, 1.807) is 9.80 Å². The molecule has 0 N–H and O–H groups in total. The number of para-hydroxylation sites is 1. The Morgan fingerprint density at radius 3 is 2.19 bits per heavy atom. The van der Waals surface area contributed by atoms with Gasteiger partial charge in [0.15, 0.2) is 0 Å². The summed E-state index contributed by atoms with van der Waals surface area (Å²) < 4.78 is 0. The van der Waals surface area contributed by atoms with Crippen molar-refractivity contribution in [3.05, 3.63) is 101 Å². The maximum atomic E-state index is 13.8. The zero-order valence-electron chi connectivity index (χ0n) is 18.1. The lowest BCUT2D eigenvalue weighted by atomic mass is 9.97. The predicted molar refractivity (Wildman–Crippen MR) is 126 cm³/mol. The molecule has 4 rings (SSSR count). The Morgan fingerprint density at radius 1 is 0.871 bits per heavy atom. The number of anilines is 2. The zero-order chi connectivity index (χ0) is 22.0. The second-order valence-electron chi connectivity index (χ2n) is 7.94. The van der Waals surface area contributed by atoms with Crippen molar-refractivity contribution in [2.75, 3.05) is 16.3 Å². The van der Waals surface area contributed by atoms with Crippen LogP contribution in [0.1, 0.15) is 23.6 Å². The number of rotatable bonds is 4. The second kappa shape index (κ2) is 8.60. The van der Waals surface area contributed by atoms with Gasteiger partial charge in [0, 0.05) is 11.4 Å². The van der Waals surface area contributed by atoms with Gasteiger partial charge in [0.05, 0.1) is 0 Å². The quantitative estimate of drug-likeness (QED) is 0.596. The molecule has 0 spiro atoms. The first-order valence-electron chi connectivity index (χ1n) is 10.5. The maximum Gasteiger partial charge on any atom is 0.254 e. The van der Waals surface area contributed by atoms with Gasteiger partial charge in [-0.3, -0.25) is 14.5 Å². The number of hydrogen-bond acceptors (Lipinski definition) is 2. The van der Waals surface area contributed by atoms with Gasteiger partial charge in [-0.25, -0.2) is 0 Å². The van der Waals surface area contributed by atoms with Gasteiger partial charge in [0.1, 0.15) is 12.6 Å². The molecule has 1 heterocycles. The average Bonchev–Trinajstić information content (AvgIpc) is 2.78.